The Hall–Kier alpha value is -2.70. The zero-order valence-electron chi connectivity index (χ0n) is 15.7. The molecule has 1 aliphatic heterocycles. The van der Waals surface area contributed by atoms with Crippen molar-refractivity contribution in [2.75, 3.05) is 18.6 Å². The molecule has 2 aromatic carbocycles. The van der Waals surface area contributed by atoms with Crippen molar-refractivity contribution < 1.29 is 9.53 Å². The molecule has 4 rings (SSSR count). The number of nitrogens with zero attached hydrogens (tertiary/aromatic N) is 4. The van der Waals surface area contributed by atoms with Crippen molar-refractivity contribution in [3.05, 3.63) is 76.6 Å². The van der Waals surface area contributed by atoms with Crippen molar-refractivity contribution in [3.8, 4) is 0 Å². The number of rotatable bonds is 4. The van der Waals surface area contributed by atoms with Crippen molar-refractivity contribution in [1.29, 1.82) is 0 Å². The second-order valence-corrected chi connectivity index (χ2v) is 7.37. The molecule has 0 saturated heterocycles. The molecular formula is C21H21ClN4O2. The number of carbonyl (C=O) groups excluding carboxylic acids is 1. The highest BCUT2D eigenvalue weighted by atomic mass is 35.5. The van der Waals surface area contributed by atoms with Gasteiger partial charge in [-0.1, -0.05) is 53.6 Å². The van der Waals surface area contributed by atoms with E-state index in [-0.39, 0.29) is 24.6 Å². The summed E-state index contributed by atoms with van der Waals surface area (Å²) >= 11 is 6.08. The van der Waals surface area contributed by atoms with Crippen molar-refractivity contribution in [2.24, 2.45) is 0 Å². The summed E-state index contributed by atoms with van der Waals surface area (Å²) in [6.45, 7) is 2.04. The molecule has 0 spiro atoms. The average molecular weight is 397 g/mol. The van der Waals surface area contributed by atoms with E-state index in [9.17, 15) is 4.79 Å². The first-order valence-corrected chi connectivity index (χ1v) is 9.49. The first-order chi connectivity index (χ1) is 13.6. The lowest BCUT2D eigenvalue weighted by Gasteiger charge is -2.39. The lowest BCUT2D eigenvalue weighted by molar-refractivity contribution is -0.123. The first-order valence-electron chi connectivity index (χ1n) is 9.11. The number of hydrogen-bond acceptors (Lipinski definition) is 4. The number of benzene rings is 2. The Balaban J connectivity index is 1.81. The summed E-state index contributed by atoms with van der Waals surface area (Å²) in [6, 6.07) is 15.8. The van der Waals surface area contributed by atoms with Crippen LogP contribution < -0.4 is 4.90 Å². The maximum absolute atomic E-state index is 12.9. The molecule has 0 aliphatic carbocycles. The number of fused-ring (bicyclic) bond motifs is 1. The third-order valence-corrected chi connectivity index (χ3v) is 5.33. The molecule has 1 aliphatic rings. The Morgan fingerprint density at radius 1 is 1.11 bits per heavy atom. The van der Waals surface area contributed by atoms with Gasteiger partial charge in [-0.2, -0.15) is 10.1 Å². The van der Waals surface area contributed by atoms with Gasteiger partial charge in [0.2, 0.25) is 5.95 Å². The fourth-order valence-electron chi connectivity index (χ4n) is 3.71. The molecule has 144 valence electrons. The van der Waals surface area contributed by atoms with Crippen molar-refractivity contribution in [1.82, 2.24) is 14.8 Å². The minimum atomic E-state index is -0.192. The molecule has 0 bridgehead atoms. The molecule has 0 radical (unpaired) electrons. The van der Waals surface area contributed by atoms with Gasteiger partial charge in [0, 0.05) is 12.1 Å². The van der Waals surface area contributed by atoms with Gasteiger partial charge < -0.3 is 4.74 Å². The van der Waals surface area contributed by atoms with Crippen LogP contribution in [0.4, 0.5) is 5.95 Å². The third-order valence-electron chi connectivity index (χ3n) is 5.08. The largest absolute Gasteiger partial charge is 0.375 e. The molecule has 0 saturated carbocycles. The molecule has 28 heavy (non-hydrogen) atoms. The van der Waals surface area contributed by atoms with Gasteiger partial charge in [-0.15, -0.1) is 0 Å². The van der Waals surface area contributed by atoms with Crippen LogP contribution in [0.2, 0.25) is 5.02 Å². The van der Waals surface area contributed by atoms with Crippen LogP contribution in [0.1, 0.15) is 35.2 Å². The lowest BCUT2D eigenvalue weighted by Crippen LogP contribution is -2.44. The number of methoxy groups -OCH3 is 1. The highest BCUT2D eigenvalue weighted by Crippen LogP contribution is 2.42. The van der Waals surface area contributed by atoms with E-state index in [1.807, 2.05) is 28.9 Å². The number of aromatic nitrogens is 3. The van der Waals surface area contributed by atoms with Gasteiger partial charge >= 0.3 is 0 Å². The van der Waals surface area contributed by atoms with E-state index in [0.717, 1.165) is 11.1 Å². The summed E-state index contributed by atoms with van der Waals surface area (Å²) in [4.78, 5) is 19.0. The number of amides is 1. The monoisotopic (exact) mass is 396 g/mol. The van der Waals surface area contributed by atoms with Gasteiger partial charge in [0.05, 0.1) is 12.1 Å². The molecule has 6 nitrogen and oxygen atoms in total. The Morgan fingerprint density at radius 2 is 1.75 bits per heavy atom. The fourth-order valence-corrected chi connectivity index (χ4v) is 3.83. The zero-order valence-corrected chi connectivity index (χ0v) is 16.5. The Bertz CT molecular complexity index is 969. The molecule has 1 aromatic heterocycles. The molecule has 0 N–H and O–H groups in total. The summed E-state index contributed by atoms with van der Waals surface area (Å²) in [7, 11) is 1.51. The van der Waals surface area contributed by atoms with Gasteiger partial charge in [-0.05, 0) is 36.6 Å². The van der Waals surface area contributed by atoms with Crippen LogP contribution in [0, 0.1) is 6.92 Å². The second kappa shape index (κ2) is 7.73. The van der Waals surface area contributed by atoms with Crippen LogP contribution in [-0.4, -0.2) is 34.4 Å². The van der Waals surface area contributed by atoms with Crippen molar-refractivity contribution in [2.45, 2.75) is 25.4 Å². The van der Waals surface area contributed by atoms with E-state index in [0.29, 0.717) is 17.4 Å². The SMILES string of the molecule is COCC(=O)N1c2ncnn2C(c2ccc(C)cc2)CC1c1ccc(Cl)cc1. The normalized spacial score (nSPS) is 18.8. The topological polar surface area (TPSA) is 60.2 Å². The first kappa shape index (κ1) is 18.7. The molecule has 2 heterocycles. The Labute approximate surface area is 168 Å². The van der Waals surface area contributed by atoms with Crippen molar-refractivity contribution >= 4 is 23.5 Å². The van der Waals surface area contributed by atoms with E-state index >= 15 is 0 Å². The van der Waals surface area contributed by atoms with Crippen LogP contribution >= 0.6 is 11.6 Å². The minimum absolute atomic E-state index is 0.0217. The Kier molecular flexibility index (Phi) is 5.15. The number of ether oxygens (including phenoxy) is 1. The second-order valence-electron chi connectivity index (χ2n) is 6.93. The van der Waals surface area contributed by atoms with Gasteiger partial charge in [-0.3, -0.25) is 9.69 Å². The van der Waals surface area contributed by atoms with Crippen LogP contribution in [-0.2, 0) is 9.53 Å². The fraction of sp³-hybridized carbons (Fsp3) is 0.286. The van der Waals surface area contributed by atoms with E-state index in [1.54, 1.807) is 4.90 Å². The summed E-state index contributed by atoms with van der Waals surface area (Å²) in [6.07, 6.45) is 2.17. The highest BCUT2D eigenvalue weighted by molar-refractivity contribution is 6.30. The molecule has 3 aromatic rings. The van der Waals surface area contributed by atoms with Crippen molar-refractivity contribution in [3.63, 3.8) is 0 Å². The van der Waals surface area contributed by atoms with Crippen LogP contribution in [0.15, 0.2) is 54.9 Å². The summed E-state index contributed by atoms with van der Waals surface area (Å²) in [5.41, 5.74) is 3.33. The quantitative estimate of drug-likeness (QED) is 0.669. The predicted molar refractivity (Wildman–Crippen MR) is 108 cm³/mol. The lowest BCUT2D eigenvalue weighted by atomic mass is 9.91. The molecule has 7 heteroatoms. The number of hydrogen-bond donors (Lipinski definition) is 0. The predicted octanol–water partition coefficient (Wildman–Crippen LogP) is 3.95. The molecule has 0 fully saturated rings. The van der Waals surface area contributed by atoms with Crippen LogP contribution in [0.25, 0.3) is 0 Å². The number of carbonyl (C=O) groups is 1. The van der Waals surface area contributed by atoms with Gasteiger partial charge in [-0.25, -0.2) is 4.68 Å². The van der Waals surface area contributed by atoms with Crippen LogP contribution in [0.5, 0.6) is 0 Å². The zero-order chi connectivity index (χ0) is 19.7. The van der Waals surface area contributed by atoms with E-state index in [4.69, 9.17) is 16.3 Å². The maximum atomic E-state index is 12.9. The number of anilines is 1. The molecule has 2 atom stereocenters. The number of halogens is 1. The van der Waals surface area contributed by atoms with Gasteiger partial charge in [0.1, 0.15) is 12.9 Å². The highest BCUT2D eigenvalue weighted by Gasteiger charge is 2.39. The van der Waals surface area contributed by atoms with Crippen LogP contribution in [0.3, 0.4) is 0 Å². The third kappa shape index (κ3) is 3.41. The van der Waals surface area contributed by atoms with Gasteiger partial charge in [0.15, 0.2) is 0 Å². The Morgan fingerprint density at radius 3 is 2.43 bits per heavy atom. The van der Waals surface area contributed by atoms with E-state index < -0.39 is 0 Å². The summed E-state index contributed by atoms with van der Waals surface area (Å²) in [5, 5.41) is 5.08. The standard InChI is InChI=1S/C21H21ClN4O2/c1-14-3-5-16(6-4-14)19-11-18(15-7-9-17(22)10-8-15)25(20(27)12-28-2)21-23-13-24-26(19)21/h3-10,13,18-19H,11-12H2,1-2H3. The molecule has 1 amide bonds. The van der Waals surface area contributed by atoms with E-state index in [2.05, 4.69) is 41.3 Å². The summed E-state index contributed by atoms with van der Waals surface area (Å²) < 4.78 is 6.93. The molecule has 2 unspecified atom stereocenters. The minimum Gasteiger partial charge on any atom is -0.375 e. The van der Waals surface area contributed by atoms with Gasteiger partial charge in [0.25, 0.3) is 5.91 Å². The maximum Gasteiger partial charge on any atom is 0.255 e. The number of aryl methyl sites for hydroxylation is 1. The average Bonchev–Trinajstić information content (AvgIpc) is 3.18. The smallest absolute Gasteiger partial charge is 0.255 e. The summed E-state index contributed by atoms with van der Waals surface area (Å²) in [5.74, 6) is 0.373. The molecular weight excluding hydrogens is 376 g/mol. The van der Waals surface area contributed by atoms with E-state index in [1.165, 1.54) is 19.0 Å².